The molecule has 2 aromatic rings. The van der Waals surface area contributed by atoms with E-state index in [4.69, 9.17) is 10.5 Å². The highest BCUT2D eigenvalue weighted by Crippen LogP contribution is 2.21. The highest BCUT2D eigenvalue weighted by molar-refractivity contribution is 5.88. The van der Waals surface area contributed by atoms with E-state index in [0.717, 1.165) is 29.6 Å². The quantitative estimate of drug-likeness (QED) is 0.762. The van der Waals surface area contributed by atoms with Gasteiger partial charge in [-0.3, -0.25) is 4.68 Å². The van der Waals surface area contributed by atoms with Gasteiger partial charge in [-0.25, -0.2) is 9.97 Å². The highest BCUT2D eigenvalue weighted by atomic mass is 16.5. The molecule has 16 heavy (non-hydrogen) atoms. The lowest BCUT2D eigenvalue weighted by Crippen LogP contribution is -1.96. The number of nitrogen functional groups attached to an aromatic ring is 1. The van der Waals surface area contributed by atoms with Crippen LogP contribution in [-0.2, 0) is 18.2 Å². The fourth-order valence-corrected chi connectivity index (χ4v) is 1.75. The van der Waals surface area contributed by atoms with Gasteiger partial charge >= 0.3 is 0 Å². The van der Waals surface area contributed by atoms with Crippen LogP contribution in [0.2, 0.25) is 0 Å². The summed E-state index contributed by atoms with van der Waals surface area (Å²) >= 11 is 0. The molecule has 0 bridgehead atoms. The van der Waals surface area contributed by atoms with E-state index in [1.807, 2.05) is 7.05 Å². The number of nitrogens with zero attached hydrogens (tertiary/aromatic N) is 4. The Labute approximate surface area is 93.4 Å². The number of methoxy groups -OCH3 is 1. The van der Waals surface area contributed by atoms with Crippen LogP contribution in [0.4, 0.5) is 5.82 Å². The standard InChI is InChI=1S/C10H15N5O/c1-15-10-8(9(11)12-6-13-10)7(14-15)4-3-5-16-2/h6H,3-5H2,1-2H3,(H2,11,12,13). The summed E-state index contributed by atoms with van der Waals surface area (Å²) in [5.74, 6) is 0.491. The first-order chi connectivity index (χ1) is 7.74. The summed E-state index contributed by atoms with van der Waals surface area (Å²) in [6.45, 7) is 0.714. The van der Waals surface area contributed by atoms with Gasteiger partial charge in [0, 0.05) is 20.8 Å². The van der Waals surface area contributed by atoms with Crippen molar-refractivity contribution in [3.8, 4) is 0 Å². The predicted octanol–water partition coefficient (Wildman–Crippen LogP) is 0.525. The van der Waals surface area contributed by atoms with Crippen LogP contribution < -0.4 is 5.73 Å². The molecule has 0 aromatic carbocycles. The molecule has 2 rings (SSSR count). The summed E-state index contributed by atoms with van der Waals surface area (Å²) in [6, 6.07) is 0. The third-order valence-corrected chi connectivity index (χ3v) is 2.48. The summed E-state index contributed by atoms with van der Waals surface area (Å²) in [6.07, 6.45) is 3.19. The van der Waals surface area contributed by atoms with Crippen LogP contribution in [0.1, 0.15) is 12.1 Å². The number of nitrogens with two attached hydrogens (primary N) is 1. The van der Waals surface area contributed by atoms with Crippen molar-refractivity contribution < 1.29 is 4.74 Å². The van der Waals surface area contributed by atoms with Crippen LogP contribution >= 0.6 is 0 Å². The van der Waals surface area contributed by atoms with Crippen LogP contribution in [0.3, 0.4) is 0 Å². The monoisotopic (exact) mass is 221 g/mol. The maximum absolute atomic E-state index is 5.84. The van der Waals surface area contributed by atoms with Gasteiger partial charge in [-0.2, -0.15) is 5.10 Å². The Morgan fingerprint density at radius 1 is 1.44 bits per heavy atom. The van der Waals surface area contributed by atoms with E-state index in [-0.39, 0.29) is 0 Å². The normalized spacial score (nSPS) is 11.1. The van der Waals surface area contributed by atoms with E-state index < -0.39 is 0 Å². The maximum atomic E-state index is 5.84. The van der Waals surface area contributed by atoms with Gasteiger partial charge in [-0.05, 0) is 12.8 Å². The van der Waals surface area contributed by atoms with Crippen molar-refractivity contribution in [1.29, 1.82) is 0 Å². The average Bonchev–Trinajstić information content (AvgIpc) is 2.58. The second-order valence-corrected chi connectivity index (χ2v) is 3.62. The predicted molar refractivity (Wildman–Crippen MR) is 60.9 cm³/mol. The molecule has 0 amide bonds. The van der Waals surface area contributed by atoms with E-state index in [2.05, 4.69) is 15.1 Å². The molecule has 0 fully saturated rings. The minimum atomic E-state index is 0.491. The molecule has 0 atom stereocenters. The molecule has 2 heterocycles. The van der Waals surface area contributed by atoms with E-state index in [9.17, 15) is 0 Å². The molecular weight excluding hydrogens is 206 g/mol. The van der Waals surface area contributed by atoms with Crippen molar-refractivity contribution in [3.05, 3.63) is 12.0 Å². The lowest BCUT2D eigenvalue weighted by atomic mass is 10.2. The number of anilines is 1. The maximum Gasteiger partial charge on any atom is 0.163 e. The van der Waals surface area contributed by atoms with Crippen molar-refractivity contribution in [2.75, 3.05) is 19.5 Å². The topological polar surface area (TPSA) is 78.8 Å². The zero-order chi connectivity index (χ0) is 11.5. The van der Waals surface area contributed by atoms with E-state index in [0.29, 0.717) is 12.4 Å². The number of hydrogen-bond donors (Lipinski definition) is 1. The summed E-state index contributed by atoms with van der Waals surface area (Å²) < 4.78 is 6.75. The first kappa shape index (κ1) is 10.8. The molecule has 6 nitrogen and oxygen atoms in total. The smallest absolute Gasteiger partial charge is 0.163 e. The molecule has 0 aliphatic carbocycles. The number of hydrogen-bond acceptors (Lipinski definition) is 5. The van der Waals surface area contributed by atoms with Gasteiger partial charge in [0.15, 0.2) is 5.65 Å². The van der Waals surface area contributed by atoms with Crippen LogP contribution in [0.15, 0.2) is 6.33 Å². The van der Waals surface area contributed by atoms with Crippen LogP contribution in [-0.4, -0.2) is 33.5 Å². The fourth-order valence-electron chi connectivity index (χ4n) is 1.75. The summed E-state index contributed by atoms with van der Waals surface area (Å²) in [4.78, 5) is 8.16. The van der Waals surface area contributed by atoms with Crippen LogP contribution in [0.5, 0.6) is 0 Å². The number of rotatable bonds is 4. The number of aromatic nitrogens is 4. The van der Waals surface area contributed by atoms with Crippen molar-refractivity contribution in [3.63, 3.8) is 0 Å². The molecule has 0 saturated carbocycles. The Morgan fingerprint density at radius 3 is 3.00 bits per heavy atom. The van der Waals surface area contributed by atoms with E-state index in [1.165, 1.54) is 6.33 Å². The Hall–Kier alpha value is -1.69. The number of fused-ring (bicyclic) bond motifs is 1. The second kappa shape index (κ2) is 4.44. The average molecular weight is 221 g/mol. The number of ether oxygens (including phenoxy) is 1. The van der Waals surface area contributed by atoms with Crippen molar-refractivity contribution in [1.82, 2.24) is 19.7 Å². The van der Waals surface area contributed by atoms with E-state index >= 15 is 0 Å². The highest BCUT2D eigenvalue weighted by Gasteiger charge is 2.12. The fraction of sp³-hybridized carbons (Fsp3) is 0.500. The van der Waals surface area contributed by atoms with Gasteiger partial charge in [0.1, 0.15) is 12.1 Å². The summed E-state index contributed by atoms with van der Waals surface area (Å²) in [5.41, 5.74) is 7.55. The molecule has 0 unspecified atom stereocenters. The van der Waals surface area contributed by atoms with Crippen molar-refractivity contribution in [2.24, 2.45) is 7.05 Å². The minimum Gasteiger partial charge on any atom is -0.385 e. The number of aryl methyl sites for hydroxylation is 2. The van der Waals surface area contributed by atoms with Crippen LogP contribution in [0, 0.1) is 0 Å². The third-order valence-electron chi connectivity index (χ3n) is 2.48. The lowest BCUT2D eigenvalue weighted by molar-refractivity contribution is 0.195. The van der Waals surface area contributed by atoms with Gasteiger partial charge in [0.2, 0.25) is 0 Å². The Kier molecular flexibility index (Phi) is 3.00. The Bertz CT molecular complexity index is 493. The summed E-state index contributed by atoms with van der Waals surface area (Å²) in [5, 5.41) is 5.26. The first-order valence-electron chi connectivity index (χ1n) is 5.15. The molecule has 0 aliphatic heterocycles. The van der Waals surface area contributed by atoms with Gasteiger partial charge < -0.3 is 10.5 Å². The third kappa shape index (κ3) is 1.83. The van der Waals surface area contributed by atoms with Gasteiger partial charge in [-0.1, -0.05) is 0 Å². The van der Waals surface area contributed by atoms with Gasteiger partial charge in [0.25, 0.3) is 0 Å². The Balaban J connectivity index is 2.37. The zero-order valence-electron chi connectivity index (χ0n) is 9.47. The molecule has 0 spiro atoms. The van der Waals surface area contributed by atoms with Gasteiger partial charge in [0.05, 0.1) is 11.1 Å². The molecule has 86 valence electrons. The SMILES string of the molecule is COCCCc1nn(C)c2ncnc(N)c12. The largest absolute Gasteiger partial charge is 0.385 e. The second-order valence-electron chi connectivity index (χ2n) is 3.62. The molecule has 0 saturated heterocycles. The first-order valence-corrected chi connectivity index (χ1v) is 5.15. The minimum absolute atomic E-state index is 0.491. The Morgan fingerprint density at radius 2 is 2.25 bits per heavy atom. The van der Waals surface area contributed by atoms with E-state index in [1.54, 1.807) is 11.8 Å². The molecule has 2 N–H and O–H groups in total. The van der Waals surface area contributed by atoms with Crippen LogP contribution in [0.25, 0.3) is 11.0 Å². The molecule has 0 radical (unpaired) electrons. The molecule has 0 aliphatic rings. The van der Waals surface area contributed by atoms with Crippen molar-refractivity contribution >= 4 is 16.9 Å². The molecule has 6 heteroatoms. The molecular formula is C10H15N5O. The molecule has 2 aromatic heterocycles. The van der Waals surface area contributed by atoms with Crippen molar-refractivity contribution in [2.45, 2.75) is 12.8 Å². The zero-order valence-corrected chi connectivity index (χ0v) is 9.47. The lowest BCUT2D eigenvalue weighted by Gasteiger charge is -1.98. The van der Waals surface area contributed by atoms with Gasteiger partial charge in [-0.15, -0.1) is 0 Å². The summed E-state index contributed by atoms with van der Waals surface area (Å²) in [7, 11) is 3.54.